The summed E-state index contributed by atoms with van der Waals surface area (Å²) in [6.45, 7) is 1.75. The Labute approximate surface area is 228 Å². The summed E-state index contributed by atoms with van der Waals surface area (Å²) >= 11 is 0. The minimum atomic E-state index is -5.04. The Bertz CT molecular complexity index is 1400. The Balaban J connectivity index is 1.75. The van der Waals surface area contributed by atoms with Crippen molar-refractivity contribution in [3.05, 3.63) is 95.0 Å². The second-order valence-corrected chi connectivity index (χ2v) is 9.89. The molecule has 0 spiro atoms. The SMILES string of the molecule is CC1C=C(c2cc(C(F)(F)F)cc(C(F)(F)F)c2)[N+]2(C)C=CN=C(Cc3cccc(OC(F)(F)C(F)F)c3)C2=CC1. The van der Waals surface area contributed by atoms with Gasteiger partial charge in [-0.1, -0.05) is 19.1 Å². The number of ether oxygens (including phenoxy) is 1. The molecule has 0 amide bonds. The van der Waals surface area contributed by atoms with Crippen molar-refractivity contribution in [2.75, 3.05) is 7.05 Å². The molecule has 13 heteroatoms. The van der Waals surface area contributed by atoms with Gasteiger partial charge in [-0.05, 0) is 60.4 Å². The molecule has 2 aromatic carbocycles. The Hall–Kier alpha value is -3.61. The van der Waals surface area contributed by atoms with Crippen molar-refractivity contribution in [3.8, 4) is 5.75 Å². The lowest BCUT2D eigenvalue weighted by molar-refractivity contribution is -0.737. The maximum Gasteiger partial charge on any atom is 0.461 e. The molecule has 0 saturated heterocycles. The van der Waals surface area contributed by atoms with Crippen molar-refractivity contribution in [1.29, 1.82) is 0 Å². The lowest BCUT2D eigenvalue weighted by atomic mass is 9.97. The summed E-state index contributed by atoms with van der Waals surface area (Å²) in [5.41, 5.74) is -1.92. The molecule has 0 N–H and O–H groups in total. The highest BCUT2D eigenvalue weighted by atomic mass is 19.4. The number of aliphatic imine (C=N–C) groups is 1. The maximum atomic E-state index is 13.6. The van der Waals surface area contributed by atoms with Crippen LogP contribution in [0.15, 0.2) is 77.7 Å². The van der Waals surface area contributed by atoms with E-state index in [1.807, 2.05) is 0 Å². The molecule has 2 atom stereocenters. The van der Waals surface area contributed by atoms with Crippen LogP contribution in [-0.4, -0.2) is 29.8 Å². The van der Waals surface area contributed by atoms with Crippen molar-refractivity contribution in [1.82, 2.24) is 0 Å². The third kappa shape index (κ3) is 6.50. The highest BCUT2D eigenvalue weighted by Crippen LogP contribution is 2.43. The van der Waals surface area contributed by atoms with Crippen LogP contribution in [0, 0.1) is 5.92 Å². The number of alkyl halides is 10. The van der Waals surface area contributed by atoms with E-state index < -0.39 is 41.8 Å². The van der Waals surface area contributed by atoms with Crippen molar-refractivity contribution >= 4 is 11.4 Å². The van der Waals surface area contributed by atoms with E-state index in [0.29, 0.717) is 35.5 Å². The fourth-order valence-corrected chi connectivity index (χ4v) is 4.70. The first-order valence-corrected chi connectivity index (χ1v) is 12.2. The monoisotopic (exact) mass is 593 g/mol. The predicted molar refractivity (Wildman–Crippen MR) is 131 cm³/mol. The van der Waals surface area contributed by atoms with Gasteiger partial charge in [0.25, 0.3) is 0 Å². The molecule has 220 valence electrons. The number of allylic oxidation sites excluding steroid dienone is 3. The van der Waals surface area contributed by atoms with Gasteiger partial charge in [0.05, 0.1) is 24.4 Å². The number of benzene rings is 2. The van der Waals surface area contributed by atoms with Crippen LogP contribution in [0.3, 0.4) is 0 Å². The molecule has 2 aliphatic rings. The third-order valence-corrected chi connectivity index (χ3v) is 6.68. The van der Waals surface area contributed by atoms with Gasteiger partial charge in [0.1, 0.15) is 23.4 Å². The molecule has 2 unspecified atom stereocenters. The van der Waals surface area contributed by atoms with Gasteiger partial charge in [0.2, 0.25) is 0 Å². The Morgan fingerprint density at radius 3 is 2.15 bits per heavy atom. The zero-order valence-electron chi connectivity index (χ0n) is 21.5. The van der Waals surface area contributed by atoms with E-state index in [9.17, 15) is 43.9 Å². The second-order valence-electron chi connectivity index (χ2n) is 9.89. The molecule has 0 saturated carbocycles. The van der Waals surface area contributed by atoms with E-state index in [-0.39, 0.29) is 34.1 Å². The molecule has 0 bridgehead atoms. The summed E-state index contributed by atoms with van der Waals surface area (Å²) < 4.78 is 138. The van der Waals surface area contributed by atoms with E-state index >= 15 is 0 Å². The van der Waals surface area contributed by atoms with Crippen LogP contribution in [0.4, 0.5) is 43.9 Å². The number of halogens is 10. The first-order chi connectivity index (χ1) is 18.9. The highest BCUT2D eigenvalue weighted by Gasteiger charge is 2.45. The quantitative estimate of drug-likeness (QED) is 0.242. The first-order valence-electron chi connectivity index (χ1n) is 12.2. The molecule has 3 nitrogen and oxygen atoms in total. The van der Waals surface area contributed by atoms with Crippen LogP contribution in [0.25, 0.3) is 5.70 Å². The number of quaternary nitrogens is 1. The topological polar surface area (TPSA) is 21.6 Å². The van der Waals surface area contributed by atoms with Gasteiger partial charge in [-0.25, -0.2) is 9.48 Å². The number of rotatable bonds is 6. The number of fused-ring (bicyclic) bond motifs is 1. The molecule has 2 heterocycles. The molecule has 0 aromatic heterocycles. The fourth-order valence-electron chi connectivity index (χ4n) is 4.70. The molecule has 2 aliphatic heterocycles. The average Bonchev–Trinajstić information content (AvgIpc) is 2.99. The second kappa shape index (κ2) is 10.7. The van der Waals surface area contributed by atoms with E-state index in [1.54, 1.807) is 26.1 Å². The van der Waals surface area contributed by atoms with Gasteiger partial charge in [-0.2, -0.15) is 43.9 Å². The summed E-state index contributed by atoms with van der Waals surface area (Å²) in [4.78, 5) is 4.35. The predicted octanol–water partition coefficient (Wildman–Crippen LogP) is 8.84. The van der Waals surface area contributed by atoms with E-state index in [1.165, 1.54) is 24.5 Å². The van der Waals surface area contributed by atoms with E-state index in [2.05, 4.69) is 9.73 Å². The van der Waals surface area contributed by atoms with E-state index in [4.69, 9.17) is 0 Å². The van der Waals surface area contributed by atoms with Crippen LogP contribution in [0.1, 0.15) is 35.6 Å². The first kappa shape index (κ1) is 30.4. The lowest BCUT2D eigenvalue weighted by Crippen LogP contribution is -2.40. The van der Waals surface area contributed by atoms with Crippen molar-refractivity contribution in [2.45, 2.75) is 44.7 Å². The zero-order valence-corrected chi connectivity index (χ0v) is 21.5. The Morgan fingerprint density at radius 1 is 0.927 bits per heavy atom. The molecule has 0 aliphatic carbocycles. The van der Waals surface area contributed by atoms with Crippen LogP contribution in [0.5, 0.6) is 5.75 Å². The smallest absolute Gasteiger partial charge is 0.428 e. The summed E-state index contributed by atoms with van der Waals surface area (Å²) in [5, 5.41) is 0. The van der Waals surface area contributed by atoms with Crippen LogP contribution >= 0.6 is 0 Å². The minimum Gasteiger partial charge on any atom is -0.428 e. The minimum absolute atomic E-state index is 0.0283. The Kier molecular flexibility index (Phi) is 7.89. The molecular weight excluding hydrogens is 570 g/mol. The van der Waals surface area contributed by atoms with Crippen molar-refractivity contribution < 1.29 is 53.1 Å². The van der Waals surface area contributed by atoms with Crippen LogP contribution < -0.4 is 4.74 Å². The number of nitrogens with zero attached hydrogens (tertiary/aromatic N) is 2. The van der Waals surface area contributed by atoms with E-state index in [0.717, 1.165) is 12.1 Å². The molecule has 4 rings (SSSR count). The summed E-state index contributed by atoms with van der Waals surface area (Å²) in [6.07, 6.45) is -12.3. The van der Waals surface area contributed by atoms with Gasteiger partial charge in [-0.15, -0.1) is 0 Å². The Morgan fingerprint density at radius 2 is 1.56 bits per heavy atom. The van der Waals surface area contributed by atoms with Gasteiger partial charge >= 0.3 is 24.9 Å². The lowest BCUT2D eigenvalue weighted by Gasteiger charge is -2.36. The van der Waals surface area contributed by atoms with Gasteiger partial charge in [0.15, 0.2) is 5.70 Å². The maximum absolute atomic E-state index is 13.6. The molecule has 2 aromatic rings. The van der Waals surface area contributed by atoms with Crippen LogP contribution in [0.2, 0.25) is 0 Å². The largest absolute Gasteiger partial charge is 0.461 e. The van der Waals surface area contributed by atoms with Crippen molar-refractivity contribution in [2.24, 2.45) is 10.9 Å². The summed E-state index contributed by atoms with van der Waals surface area (Å²) in [7, 11) is 1.58. The molecule has 0 radical (unpaired) electrons. The highest BCUT2D eigenvalue weighted by molar-refractivity contribution is 6.01. The third-order valence-electron chi connectivity index (χ3n) is 6.68. The van der Waals surface area contributed by atoms with Gasteiger partial charge in [-0.3, -0.25) is 0 Å². The summed E-state index contributed by atoms with van der Waals surface area (Å²) in [5.74, 6) is -0.811. The van der Waals surface area contributed by atoms with Crippen molar-refractivity contribution in [3.63, 3.8) is 0 Å². The van der Waals surface area contributed by atoms with Gasteiger partial charge in [0, 0.05) is 12.0 Å². The van der Waals surface area contributed by atoms with Crippen LogP contribution in [-0.2, 0) is 18.8 Å². The fraction of sp³-hybridized carbons (Fsp3) is 0.321. The molecule has 0 fully saturated rings. The normalized spacial score (nSPS) is 21.6. The standard InChI is InChI=1S/C28H23F10N2O/c1-16-6-7-23-22(12-17-4-3-5-21(11-17)41-28(37,38)25(29)30)39-8-9-40(23,2)24(10-16)18-13-19(26(31,32)33)15-20(14-18)27(34,35)36/h3-5,7-11,13-16,25H,6,12H2,1-2H3/q+1. The molecular formula is C28H23F10N2O+. The number of hydrogen-bond acceptors (Lipinski definition) is 2. The van der Waals surface area contributed by atoms with Gasteiger partial charge < -0.3 is 4.74 Å². The molecule has 41 heavy (non-hydrogen) atoms. The number of hydrogen-bond donors (Lipinski definition) is 0. The zero-order chi connectivity index (χ0) is 30.4. The average molecular weight is 593 g/mol. The summed E-state index contributed by atoms with van der Waals surface area (Å²) in [6, 6.07) is 6.43.